The summed E-state index contributed by atoms with van der Waals surface area (Å²) in [4.78, 5) is 33.9. The number of carbonyl (C=O) groups excluding carboxylic acids is 1. The van der Waals surface area contributed by atoms with Crippen LogP contribution in [0.2, 0.25) is 0 Å². The smallest absolute Gasteiger partial charge is 0.257 e. The highest BCUT2D eigenvalue weighted by atomic mass is 32.2. The number of thioether (sulfide) groups is 1. The van der Waals surface area contributed by atoms with E-state index in [2.05, 4.69) is 15.3 Å². The number of fused-ring (bicyclic) bond motifs is 1. The van der Waals surface area contributed by atoms with Gasteiger partial charge >= 0.3 is 0 Å². The SMILES string of the molecule is CC1(C)CC(=O)C2=C(C1)Nc1nc(SCc3ccccc3F)[nH]c(=O)c1[C@H]2c1cccc(F)c1. The Morgan fingerprint density at radius 1 is 1.09 bits per heavy atom. The fraction of sp³-hybridized carbons (Fsp3) is 0.269. The van der Waals surface area contributed by atoms with E-state index in [9.17, 15) is 18.4 Å². The lowest BCUT2D eigenvalue weighted by molar-refractivity contribution is -0.118. The molecule has 3 aromatic rings. The maximum Gasteiger partial charge on any atom is 0.257 e. The van der Waals surface area contributed by atoms with Crippen LogP contribution in [0.15, 0.2) is 69.8 Å². The molecule has 2 aromatic carbocycles. The molecular weight excluding hydrogens is 456 g/mol. The molecule has 2 aliphatic rings. The molecular formula is C26H23F2N3O2S. The topological polar surface area (TPSA) is 74.8 Å². The fourth-order valence-corrected chi connectivity index (χ4v) is 5.59. The molecule has 0 fully saturated rings. The second kappa shape index (κ2) is 8.51. The van der Waals surface area contributed by atoms with Crippen LogP contribution in [0, 0.1) is 17.0 Å². The average Bonchev–Trinajstić information content (AvgIpc) is 2.76. The molecule has 5 rings (SSSR count). The molecule has 0 radical (unpaired) electrons. The number of halogens is 2. The standard InChI is InChI=1S/C26H23F2N3O2S/c1-26(2)11-18-21(19(32)12-26)20(14-7-5-8-16(27)10-14)22-23(29-18)30-25(31-24(22)33)34-13-15-6-3-4-9-17(15)28/h3-10,20H,11-13H2,1-2H3,(H2,29,30,31,33)/t20-/m0/s1. The van der Waals surface area contributed by atoms with E-state index in [0.29, 0.717) is 52.0 Å². The van der Waals surface area contributed by atoms with Crippen molar-refractivity contribution in [2.75, 3.05) is 5.32 Å². The third-order valence-corrected chi connectivity index (χ3v) is 7.13. The first kappa shape index (κ1) is 22.5. The van der Waals surface area contributed by atoms with E-state index < -0.39 is 17.3 Å². The number of allylic oxidation sites excluding steroid dienone is 2. The van der Waals surface area contributed by atoms with Crippen LogP contribution in [0.3, 0.4) is 0 Å². The second-order valence-corrected chi connectivity index (χ2v) is 10.4. The highest BCUT2D eigenvalue weighted by Gasteiger charge is 2.42. The van der Waals surface area contributed by atoms with E-state index in [4.69, 9.17) is 0 Å². The number of aromatic nitrogens is 2. The minimum Gasteiger partial charge on any atom is -0.343 e. The van der Waals surface area contributed by atoms with Crippen molar-refractivity contribution in [2.45, 2.75) is 43.5 Å². The molecule has 5 nitrogen and oxygen atoms in total. The average molecular weight is 480 g/mol. The van der Waals surface area contributed by atoms with Crippen molar-refractivity contribution in [1.82, 2.24) is 9.97 Å². The molecule has 34 heavy (non-hydrogen) atoms. The first-order chi connectivity index (χ1) is 16.2. The molecule has 2 N–H and O–H groups in total. The number of rotatable bonds is 4. The van der Waals surface area contributed by atoms with Gasteiger partial charge in [0.05, 0.1) is 5.56 Å². The summed E-state index contributed by atoms with van der Waals surface area (Å²) in [6.45, 7) is 4.04. The first-order valence-corrected chi connectivity index (χ1v) is 12.0. The zero-order valence-corrected chi connectivity index (χ0v) is 19.6. The van der Waals surface area contributed by atoms with Crippen molar-refractivity contribution in [3.8, 4) is 0 Å². The summed E-state index contributed by atoms with van der Waals surface area (Å²) in [6, 6.07) is 12.4. The molecule has 0 amide bonds. The zero-order chi connectivity index (χ0) is 24.0. The first-order valence-electron chi connectivity index (χ1n) is 11.0. The van der Waals surface area contributed by atoms with Gasteiger partial charge in [0.25, 0.3) is 5.56 Å². The number of hydrogen-bond acceptors (Lipinski definition) is 5. The Kier molecular flexibility index (Phi) is 5.64. The number of nitrogens with one attached hydrogen (secondary N) is 2. The quantitative estimate of drug-likeness (QED) is 0.380. The molecule has 1 aromatic heterocycles. The normalized spacial score (nSPS) is 18.8. The third-order valence-electron chi connectivity index (χ3n) is 6.20. The summed E-state index contributed by atoms with van der Waals surface area (Å²) in [5, 5.41) is 3.57. The lowest BCUT2D eigenvalue weighted by atomic mass is 9.69. The molecule has 1 aliphatic carbocycles. The number of anilines is 1. The summed E-state index contributed by atoms with van der Waals surface area (Å²) < 4.78 is 28.2. The molecule has 0 spiro atoms. The van der Waals surface area contributed by atoms with Gasteiger partial charge in [-0.1, -0.05) is 55.9 Å². The minimum atomic E-state index is -0.715. The summed E-state index contributed by atoms with van der Waals surface area (Å²) in [5.74, 6) is -0.898. The lowest BCUT2D eigenvalue weighted by Crippen LogP contribution is -2.37. The number of carbonyl (C=O) groups is 1. The molecule has 174 valence electrons. The Hall–Kier alpha value is -3.26. The van der Waals surface area contributed by atoms with Crippen LogP contribution >= 0.6 is 11.8 Å². The summed E-state index contributed by atoms with van der Waals surface area (Å²) >= 11 is 1.21. The predicted molar refractivity (Wildman–Crippen MR) is 128 cm³/mol. The Bertz CT molecular complexity index is 1400. The van der Waals surface area contributed by atoms with E-state index in [-0.39, 0.29) is 22.6 Å². The van der Waals surface area contributed by atoms with Crippen LogP contribution in [-0.2, 0) is 10.5 Å². The van der Waals surface area contributed by atoms with Crippen molar-refractivity contribution >= 4 is 23.4 Å². The highest BCUT2D eigenvalue weighted by Crippen LogP contribution is 2.47. The molecule has 1 atom stereocenters. The number of aromatic amines is 1. The maximum atomic E-state index is 14.1. The van der Waals surface area contributed by atoms with E-state index >= 15 is 0 Å². The van der Waals surface area contributed by atoms with Crippen LogP contribution < -0.4 is 10.9 Å². The van der Waals surface area contributed by atoms with Gasteiger partial charge in [-0.15, -0.1) is 0 Å². The van der Waals surface area contributed by atoms with Crippen molar-refractivity contribution in [3.63, 3.8) is 0 Å². The Morgan fingerprint density at radius 2 is 1.88 bits per heavy atom. The van der Waals surface area contributed by atoms with Crippen LogP contribution in [0.4, 0.5) is 14.6 Å². The Balaban J connectivity index is 1.59. The number of benzene rings is 2. The summed E-state index contributed by atoms with van der Waals surface area (Å²) in [5.41, 5.74) is 1.86. The van der Waals surface area contributed by atoms with Gasteiger partial charge in [0.15, 0.2) is 10.9 Å². The van der Waals surface area contributed by atoms with Gasteiger partial charge in [0.2, 0.25) is 0 Å². The van der Waals surface area contributed by atoms with E-state index in [1.54, 1.807) is 30.3 Å². The van der Waals surface area contributed by atoms with Crippen molar-refractivity contribution in [1.29, 1.82) is 0 Å². The predicted octanol–water partition coefficient (Wildman–Crippen LogP) is 5.54. The molecule has 0 unspecified atom stereocenters. The lowest BCUT2D eigenvalue weighted by Gasteiger charge is -2.38. The van der Waals surface area contributed by atoms with Crippen molar-refractivity contribution in [3.05, 3.63) is 98.5 Å². The molecule has 0 bridgehead atoms. The monoisotopic (exact) mass is 479 g/mol. The second-order valence-electron chi connectivity index (χ2n) is 9.46. The Morgan fingerprint density at radius 3 is 2.65 bits per heavy atom. The molecule has 0 saturated heterocycles. The third kappa shape index (κ3) is 4.18. The van der Waals surface area contributed by atoms with Crippen LogP contribution in [0.5, 0.6) is 0 Å². The van der Waals surface area contributed by atoms with Crippen LogP contribution in [-0.4, -0.2) is 15.8 Å². The summed E-state index contributed by atoms with van der Waals surface area (Å²) in [7, 11) is 0. The van der Waals surface area contributed by atoms with Gasteiger partial charge in [-0.05, 0) is 41.2 Å². The van der Waals surface area contributed by atoms with Crippen LogP contribution in [0.1, 0.15) is 49.3 Å². The Labute approximate surface area is 199 Å². The molecule has 0 saturated carbocycles. The fourth-order valence-electron chi connectivity index (χ4n) is 4.74. The van der Waals surface area contributed by atoms with E-state index in [1.165, 1.54) is 30.0 Å². The van der Waals surface area contributed by atoms with Gasteiger partial charge in [-0.25, -0.2) is 13.8 Å². The van der Waals surface area contributed by atoms with Crippen molar-refractivity contribution < 1.29 is 13.6 Å². The van der Waals surface area contributed by atoms with E-state index in [0.717, 1.165) is 0 Å². The van der Waals surface area contributed by atoms with Gasteiger partial charge in [0, 0.05) is 29.4 Å². The van der Waals surface area contributed by atoms with Crippen molar-refractivity contribution in [2.24, 2.45) is 5.41 Å². The number of H-pyrrole nitrogens is 1. The number of hydrogen-bond donors (Lipinski definition) is 2. The zero-order valence-electron chi connectivity index (χ0n) is 18.7. The van der Waals surface area contributed by atoms with Gasteiger partial charge in [-0.2, -0.15) is 0 Å². The van der Waals surface area contributed by atoms with Gasteiger partial charge in [0.1, 0.15) is 17.5 Å². The van der Waals surface area contributed by atoms with Crippen LogP contribution in [0.25, 0.3) is 0 Å². The number of nitrogens with zero attached hydrogens (tertiary/aromatic N) is 1. The number of ketones is 1. The maximum absolute atomic E-state index is 14.1. The minimum absolute atomic E-state index is 0.0592. The highest BCUT2D eigenvalue weighted by molar-refractivity contribution is 7.98. The van der Waals surface area contributed by atoms with Gasteiger partial charge < -0.3 is 10.3 Å². The van der Waals surface area contributed by atoms with E-state index in [1.807, 2.05) is 13.8 Å². The number of Topliss-reactive ketones (excluding diaryl/α,β-unsaturated/α-hetero) is 1. The molecule has 2 heterocycles. The largest absolute Gasteiger partial charge is 0.343 e. The molecule has 1 aliphatic heterocycles. The summed E-state index contributed by atoms with van der Waals surface area (Å²) in [6.07, 6.45) is 0.947. The van der Waals surface area contributed by atoms with Gasteiger partial charge in [-0.3, -0.25) is 9.59 Å². The molecule has 8 heteroatoms.